The molecule has 0 saturated carbocycles. The number of oxazole rings is 1. The molecule has 0 aliphatic heterocycles. The van der Waals surface area contributed by atoms with Crippen molar-refractivity contribution in [2.75, 3.05) is 5.73 Å². The number of nitrogens with zero attached hydrogens (tertiary/aromatic N) is 2. The van der Waals surface area contributed by atoms with Crippen LogP contribution in [0.4, 0.5) is 5.82 Å². The van der Waals surface area contributed by atoms with Gasteiger partial charge in [-0.05, 0) is 24.3 Å². The van der Waals surface area contributed by atoms with E-state index in [1.54, 1.807) is 6.07 Å². The second kappa shape index (κ2) is 4.57. The van der Waals surface area contributed by atoms with Gasteiger partial charge in [-0.25, -0.2) is 9.97 Å². The van der Waals surface area contributed by atoms with Gasteiger partial charge < -0.3 is 10.2 Å². The van der Waals surface area contributed by atoms with E-state index in [1.165, 1.54) is 0 Å². The van der Waals surface area contributed by atoms with Crippen molar-refractivity contribution < 1.29 is 21.5 Å². The molecule has 17 heavy (non-hydrogen) atoms. The van der Waals surface area contributed by atoms with Crippen molar-refractivity contribution in [2.24, 2.45) is 0 Å². The smallest absolute Gasteiger partial charge is 0.246 e. The fourth-order valence-corrected chi connectivity index (χ4v) is 1.55. The Morgan fingerprint density at radius 1 is 0.941 bits per heavy atom. The van der Waals surface area contributed by atoms with Gasteiger partial charge in [0.2, 0.25) is 5.89 Å². The Bertz CT molecular complexity index is 618. The molecule has 0 unspecified atom stereocenters. The molecule has 3 rings (SSSR count). The maximum atomic E-state index is 5.61. The van der Waals surface area contributed by atoms with Crippen molar-refractivity contribution in [3.8, 4) is 11.6 Å². The number of hydrogen-bond acceptors (Lipinski definition) is 4. The number of benzene rings is 1. The summed E-state index contributed by atoms with van der Waals surface area (Å²) < 4.78 is 5.58. The first-order chi connectivity index (χ1) is 7.83. The van der Waals surface area contributed by atoms with Gasteiger partial charge in [0.05, 0.1) is 0 Å². The third-order valence-electron chi connectivity index (χ3n) is 2.28. The van der Waals surface area contributed by atoms with Gasteiger partial charge in [0, 0.05) is 17.1 Å². The number of nitrogen functional groups attached to an aromatic ring is 1. The van der Waals surface area contributed by atoms with Gasteiger partial charge in [0.15, 0.2) is 5.58 Å². The minimum absolute atomic E-state index is 0. The van der Waals surface area contributed by atoms with E-state index in [2.05, 4.69) is 9.97 Å². The first-order valence-corrected chi connectivity index (χ1v) is 4.91. The molecule has 0 amide bonds. The summed E-state index contributed by atoms with van der Waals surface area (Å²) in [6, 6.07) is 13.0. The van der Waals surface area contributed by atoms with E-state index in [-0.39, 0.29) is 17.1 Å². The largest absolute Gasteiger partial charge is 0.435 e. The molecule has 0 aliphatic rings. The van der Waals surface area contributed by atoms with E-state index in [4.69, 9.17) is 10.2 Å². The van der Waals surface area contributed by atoms with E-state index in [9.17, 15) is 0 Å². The Kier molecular flexibility index (Phi) is 3.13. The third-order valence-corrected chi connectivity index (χ3v) is 2.28. The number of anilines is 1. The van der Waals surface area contributed by atoms with Crippen LogP contribution in [0.3, 0.4) is 0 Å². The van der Waals surface area contributed by atoms with E-state index >= 15 is 0 Å². The van der Waals surface area contributed by atoms with E-state index < -0.39 is 0 Å². The van der Waals surface area contributed by atoms with Crippen molar-refractivity contribution in [3.05, 3.63) is 42.5 Å². The van der Waals surface area contributed by atoms with Crippen molar-refractivity contribution in [3.63, 3.8) is 0 Å². The summed E-state index contributed by atoms with van der Waals surface area (Å²) in [4.78, 5) is 8.50. The molecule has 2 aromatic heterocycles. The van der Waals surface area contributed by atoms with Crippen LogP contribution in [0.2, 0.25) is 0 Å². The summed E-state index contributed by atoms with van der Waals surface area (Å²) >= 11 is 0. The second-order valence-electron chi connectivity index (χ2n) is 3.43. The molecule has 0 bridgehead atoms. The SMILES string of the molecule is Nc1cccc(-c2nc3ccccc3o2)n1.[Fe]. The molecule has 0 fully saturated rings. The number of para-hydroxylation sites is 2. The van der Waals surface area contributed by atoms with Crippen molar-refractivity contribution in [2.45, 2.75) is 0 Å². The number of pyridine rings is 1. The quantitative estimate of drug-likeness (QED) is 0.688. The standard InChI is InChI=1S/C12H9N3O.Fe/c13-11-7-3-5-9(14-11)12-15-8-4-1-2-6-10(8)16-12;/h1-7H,(H2,13,14);. The molecule has 0 radical (unpaired) electrons. The summed E-state index contributed by atoms with van der Waals surface area (Å²) in [6.07, 6.45) is 0. The molecule has 2 heterocycles. The van der Waals surface area contributed by atoms with Gasteiger partial charge in [-0.2, -0.15) is 0 Å². The van der Waals surface area contributed by atoms with Gasteiger partial charge in [-0.1, -0.05) is 18.2 Å². The Labute approximate surface area is 108 Å². The molecular formula is C12H9FeN3O. The van der Waals surface area contributed by atoms with Gasteiger partial charge in [-0.3, -0.25) is 0 Å². The molecule has 2 N–H and O–H groups in total. The van der Waals surface area contributed by atoms with Gasteiger partial charge >= 0.3 is 0 Å². The average molecular weight is 267 g/mol. The van der Waals surface area contributed by atoms with Crippen molar-refractivity contribution in [1.29, 1.82) is 0 Å². The maximum Gasteiger partial charge on any atom is 0.246 e. The van der Waals surface area contributed by atoms with Crippen LogP contribution in [0.15, 0.2) is 46.9 Å². The van der Waals surface area contributed by atoms with E-state index in [0.29, 0.717) is 17.4 Å². The zero-order chi connectivity index (χ0) is 11.0. The Hall–Kier alpha value is -1.84. The topological polar surface area (TPSA) is 64.9 Å². The van der Waals surface area contributed by atoms with E-state index in [0.717, 1.165) is 11.1 Å². The van der Waals surface area contributed by atoms with E-state index in [1.807, 2.05) is 36.4 Å². The van der Waals surface area contributed by atoms with Gasteiger partial charge in [-0.15, -0.1) is 0 Å². The molecule has 3 aromatic rings. The zero-order valence-corrected chi connectivity index (χ0v) is 9.88. The summed E-state index contributed by atoms with van der Waals surface area (Å²) in [5.74, 6) is 0.952. The molecule has 4 nitrogen and oxygen atoms in total. The molecule has 86 valence electrons. The van der Waals surface area contributed by atoms with Gasteiger partial charge in [0.25, 0.3) is 0 Å². The van der Waals surface area contributed by atoms with Crippen LogP contribution in [-0.2, 0) is 17.1 Å². The number of hydrogen-bond donors (Lipinski definition) is 1. The molecule has 0 atom stereocenters. The van der Waals surface area contributed by atoms with Crippen molar-refractivity contribution in [1.82, 2.24) is 9.97 Å². The minimum Gasteiger partial charge on any atom is -0.435 e. The Morgan fingerprint density at radius 2 is 1.76 bits per heavy atom. The fraction of sp³-hybridized carbons (Fsp3) is 0. The second-order valence-corrected chi connectivity index (χ2v) is 3.43. The normalized spacial score (nSPS) is 10.1. The predicted molar refractivity (Wildman–Crippen MR) is 61.7 cm³/mol. The summed E-state index contributed by atoms with van der Waals surface area (Å²) in [5, 5.41) is 0. The van der Waals surface area contributed by atoms with Crippen molar-refractivity contribution >= 4 is 16.9 Å². The van der Waals surface area contributed by atoms with Crippen LogP contribution in [0.5, 0.6) is 0 Å². The monoisotopic (exact) mass is 267 g/mol. The Morgan fingerprint density at radius 3 is 2.53 bits per heavy atom. The first kappa shape index (κ1) is 11.6. The minimum atomic E-state index is 0. The molecular weight excluding hydrogens is 258 g/mol. The van der Waals surface area contributed by atoms with Crippen LogP contribution >= 0.6 is 0 Å². The van der Waals surface area contributed by atoms with Crippen LogP contribution < -0.4 is 5.73 Å². The maximum absolute atomic E-state index is 5.61. The molecule has 1 aromatic carbocycles. The number of nitrogens with two attached hydrogens (primary N) is 1. The molecule has 0 spiro atoms. The average Bonchev–Trinajstić information content (AvgIpc) is 2.72. The van der Waals surface area contributed by atoms with Crippen LogP contribution in [-0.4, -0.2) is 9.97 Å². The number of fused-ring (bicyclic) bond motifs is 1. The van der Waals surface area contributed by atoms with Gasteiger partial charge in [0.1, 0.15) is 17.0 Å². The summed E-state index contributed by atoms with van der Waals surface area (Å²) in [5.41, 5.74) is 7.83. The van der Waals surface area contributed by atoms with Crippen LogP contribution in [0, 0.1) is 0 Å². The predicted octanol–water partition coefficient (Wildman–Crippen LogP) is 2.47. The third kappa shape index (κ3) is 2.16. The summed E-state index contributed by atoms with van der Waals surface area (Å²) in [7, 11) is 0. The van der Waals surface area contributed by atoms with Crippen LogP contribution in [0.1, 0.15) is 0 Å². The first-order valence-electron chi connectivity index (χ1n) is 4.91. The molecule has 5 heteroatoms. The number of rotatable bonds is 1. The number of aromatic nitrogens is 2. The summed E-state index contributed by atoms with van der Waals surface area (Å²) in [6.45, 7) is 0. The van der Waals surface area contributed by atoms with Crippen LogP contribution in [0.25, 0.3) is 22.7 Å². The fourth-order valence-electron chi connectivity index (χ4n) is 1.55. The molecule has 0 saturated heterocycles. The molecule has 0 aliphatic carbocycles. The Balaban J connectivity index is 0.00000108. The zero-order valence-electron chi connectivity index (χ0n) is 8.78.